The molecule has 48 heavy (non-hydrogen) atoms. The highest BCUT2D eigenvalue weighted by molar-refractivity contribution is 7.45. The van der Waals surface area contributed by atoms with Gasteiger partial charge < -0.3 is 23.4 Å². The van der Waals surface area contributed by atoms with Gasteiger partial charge in [-0.05, 0) is 45.4 Å². The molecule has 284 valence electrons. The number of allylic oxidation sites excluding steroid dienone is 2. The number of carbonyl (C=O) groups excluding carboxylic acids is 2. The van der Waals surface area contributed by atoms with Gasteiger partial charge in [-0.25, -0.2) is 0 Å². The van der Waals surface area contributed by atoms with Gasteiger partial charge >= 0.3 is 11.9 Å². The zero-order valence-corrected chi connectivity index (χ0v) is 31.8. The molecule has 0 bridgehead atoms. The highest BCUT2D eigenvalue weighted by Crippen LogP contribution is 2.38. The standard InChI is InChI=1S/C39H75O8P/c1-4-7-9-11-13-15-17-19-20-22-24-26-28-30-32-34-39(41)47-37(36-46-48(42,43)45-6-3)35-44-38(40)33-31-29-27-25-23-21-18-16-14-12-10-8-5-2/h19-20,37H,4-18,21-36H2,1-3H3,(H,42,43)/p-1/b20-19+/i35D2,36D2,37D. The maximum Gasteiger partial charge on any atom is 0.306 e. The largest absolute Gasteiger partial charge is 0.756 e. The van der Waals surface area contributed by atoms with Crippen molar-refractivity contribution in [3.05, 3.63) is 12.2 Å². The van der Waals surface area contributed by atoms with E-state index in [0.29, 0.717) is 25.7 Å². The normalized spacial score (nSPS) is 16.3. The lowest BCUT2D eigenvalue weighted by Gasteiger charge is -2.25. The minimum atomic E-state index is -5.40. The SMILES string of the molecule is [2H]C([2H])(OC(=O)CCCCCCCCCCCCCCC)C([2H])(OC(=O)CCCCCCC/C=C/CCCCCCCC)C([2H])([2H])OP(=O)([O-])OCC. The number of ether oxygens (including phenoxy) is 2. The van der Waals surface area contributed by atoms with Gasteiger partial charge in [0.25, 0.3) is 7.82 Å². The van der Waals surface area contributed by atoms with E-state index in [0.717, 1.165) is 51.4 Å². The van der Waals surface area contributed by atoms with Crippen LogP contribution in [0.2, 0.25) is 0 Å². The van der Waals surface area contributed by atoms with Crippen LogP contribution in [0, 0.1) is 0 Å². The van der Waals surface area contributed by atoms with E-state index in [1.54, 1.807) is 0 Å². The molecule has 0 fully saturated rings. The first-order chi connectivity index (χ1) is 25.2. The van der Waals surface area contributed by atoms with Crippen LogP contribution in [0.4, 0.5) is 0 Å². The molecule has 0 radical (unpaired) electrons. The van der Waals surface area contributed by atoms with Crippen LogP contribution in [0.1, 0.15) is 207 Å². The van der Waals surface area contributed by atoms with Crippen LogP contribution in [0.3, 0.4) is 0 Å². The Labute approximate surface area is 302 Å². The predicted molar refractivity (Wildman–Crippen MR) is 196 cm³/mol. The summed E-state index contributed by atoms with van der Waals surface area (Å²) in [5.74, 6) is -2.23. The Morgan fingerprint density at radius 1 is 0.604 bits per heavy atom. The van der Waals surface area contributed by atoms with E-state index < -0.39 is 45.6 Å². The van der Waals surface area contributed by atoms with Crippen molar-refractivity contribution in [3.63, 3.8) is 0 Å². The molecule has 0 aromatic rings. The van der Waals surface area contributed by atoms with Crippen LogP contribution >= 0.6 is 7.82 Å². The maximum absolute atomic E-state index is 12.8. The van der Waals surface area contributed by atoms with Crippen molar-refractivity contribution in [2.45, 2.75) is 207 Å². The number of rotatable bonds is 37. The lowest BCUT2D eigenvalue weighted by atomic mass is 10.0. The Hall–Kier alpha value is -1.21. The number of carbonyl (C=O) groups is 2. The number of unbranched alkanes of at least 4 members (excludes halogenated alkanes) is 23. The summed E-state index contributed by atoms with van der Waals surface area (Å²) in [5.41, 5.74) is 0. The van der Waals surface area contributed by atoms with Crippen molar-refractivity contribution in [3.8, 4) is 0 Å². The Kier molecular flexibility index (Phi) is 28.2. The van der Waals surface area contributed by atoms with Gasteiger partial charge in [0.15, 0.2) is 6.08 Å². The summed E-state index contributed by atoms with van der Waals surface area (Å²) in [5, 5.41) is 0. The molecule has 0 N–H and O–H groups in total. The van der Waals surface area contributed by atoms with Crippen LogP contribution in [0.25, 0.3) is 0 Å². The summed E-state index contributed by atoms with van der Waals surface area (Å²) >= 11 is 0. The summed E-state index contributed by atoms with van der Waals surface area (Å²) in [6, 6.07) is 0. The van der Waals surface area contributed by atoms with Gasteiger partial charge in [-0.15, -0.1) is 0 Å². The first-order valence-corrected chi connectivity index (χ1v) is 20.9. The lowest BCUT2D eigenvalue weighted by Crippen LogP contribution is -2.30. The van der Waals surface area contributed by atoms with Gasteiger partial charge in [0, 0.05) is 12.8 Å². The molecule has 0 aliphatic carbocycles. The molecule has 0 saturated carbocycles. The van der Waals surface area contributed by atoms with E-state index in [4.69, 9.17) is 16.3 Å². The summed E-state index contributed by atoms with van der Waals surface area (Å²) in [7, 11) is -5.40. The maximum atomic E-state index is 12.8. The third-order valence-corrected chi connectivity index (χ3v) is 9.03. The third kappa shape index (κ3) is 34.6. The molecule has 0 amide bonds. The summed E-state index contributed by atoms with van der Waals surface area (Å²) in [6.45, 7) is -2.12. The fourth-order valence-corrected chi connectivity index (χ4v) is 5.85. The zero-order valence-electron chi connectivity index (χ0n) is 35.9. The van der Waals surface area contributed by atoms with Gasteiger partial charge in [-0.3, -0.25) is 14.2 Å². The second kappa shape index (κ2) is 35.6. The molecule has 0 spiro atoms. The predicted octanol–water partition coefficient (Wildman–Crippen LogP) is 11.5. The van der Waals surface area contributed by atoms with Crippen molar-refractivity contribution >= 4 is 19.8 Å². The number of phosphoric ester groups is 1. The average molecular weight is 707 g/mol. The van der Waals surface area contributed by atoms with Crippen molar-refractivity contribution in [1.29, 1.82) is 0 Å². The Morgan fingerprint density at radius 2 is 1.00 bits per heavy atom. The number of hydrogen-bond acceptors (Lipinski definition) is 8. The number of hydrogen-bond donors (Lipinski definition) is 0. The average Bonchev–Trinajstić information content (AvgIpc) is 3.07. The van der Waals surface area contributed by atoms with Crippen molar-refractivity contribution in [2.75, 3.05) is 19.7 Å². The number of phosphoric acid groups is 1. The van der Waals surface area contributed by atoms with Crippen LogP contribution in [-0.2, 0) is 32.7 Å². The molecule has 0 aromatic heterocycles. The number of esters is 2. The summed E-state index contributed by atoms with van der Waals surface area (Å²) in [6.07, 6.45) is 27.9. The monoisotopic (exact) mass is 707 g/mol. The van der Waals surface area contributed by atoms with E-state index in [1.807, 2.05) is 0 Å². The molecule has 0 heterocycles. The van der Waals surface area contributed by atoms with Gasteiger partial charge in [0.2, 0.25) is 0 Å². The van der Waals surface area contributed by atoms with E-state index in [9.17, 15) is 19.0 Å². The molecule has 8 nitrogen and oxygen atoms in total. The van der Waals surface area contributed by atoms with Gasteiger partial charge in [0.05, 0.1) is 20.0 Å². The van der Waals surface area contributed by atoms with Gasteiger partial charge in [-0.1, -0.05) is 154 Å². The zero-order chi connectivity index (χ0) is 39.9. The summed E-state index contributed by atoms with van der Waals surface area (Å²) in [4.78, 5) is 37.6. The van der Waals surface area contributed by atoms with E-state index in [-0.39, 0.29) is 12.8 Å². The van der Waals surface area contributed by atoms with Crippen LogP contribution in [-0.4, -0.2) is 37.7 Å². The molecular weight excluding hydrogens is 627 g/mol. The minimum Gasteiger partial charge on any atom is -0.756 e. The Morgan fingerprint density at radius 3 is 1.44 bits per heavy atom. The van der Waals surface area contributed by atoms with Crippen molar-refractivity contribution in [2.24, 2.45) is 0 Å². The quantitative estimate of drug-likeness (QED) is 0.0272. The highest BCUT2D eigenvalue weighted by atomic mass is 31.2. The minimum absolute atomic E-state index is 0.209. The lowest BCUT2D eigenvalue weighted by molar-refractivity contribution is -0.228. The molecule has 2 atom stereocenters. The van der Waals surface area contributed by atoms with E-state index in [2.05, 4.69) is 35.0 Å². The molecule has 0 aromatic carbocycles. The smallest absolute Gasteiger partial charge is 0.306 e. The van der Waals surface area contributed by atoms with E-state index >= 15 is 0 Å². The van der Waals surface area contributed by atoms with Crippen LogP contribution in [0.5, 0.6) is 0 Å². The fourth-order valence-electron chi connectivity index (χ4n) is 5.29. The van der Waals surface area contributed by atoms with Gasteiger partial charge in [0.1, 0.15) is 6.56 Å². The molecule has 9 heteroatoms. The first-order valence-electron chi connectivity index (χ1n) is 21.9. The third-order valence-electron chi connectivity index (χ3n) is 8.14. The second-order valence-corrected chi connectivity index (χ2v) is 14.1. The molecule has 2 unspecified atom stereocenters. The second-order valence-electron chi connectivity index (χ2n) is 12.8. The molecule has 0 saturated heterocycles. The first kappa shape index (κ1) is 38.0. The molecule has 0 rings (SSSR count). The topological polar surface area (TPSA) is 111 Å². The molecule has 0 aliphatic rings. The van der Waals surface area contributed by atoms with Gasteiger partial charge in [-0.2, -0.15) is 0 Å². The Balaban J connectivity index is 4.86. The van der Waals surface area contributed by atoms with Crippen LogP contribution in [0.15, 0.2) is 12.2 Å². The van der Waals surface area contributed by atoms with Crippen molar-refractivity contribution in [1.82, 2.24) is 0 Å². The summed E-state index contributed by atoms with van der Waals surface area (Å²) < 4.78 is 72.6. The molecular formula is C39H74O8P-. The molecule has 0 aliphatic heterocycles. The van der Waals surface area contributed by atoms with Crippen LogP contribution < -0.4 is 4.89 Å². The fraction of sp³-hybridized carbons (Fsp3) is 0.897. The highest BCUT2D eigenvalue weighted by Gasteiger charge is 2.20. The Bertz CT molecular complexity index is 1020. The van der Waals surface area contributed by atoms with Crippen molar-refractivity contribution < 1.29 is 44.4 Å². The van der Waals surface area contributed by atoms with E-state index in [1.165, 1.54) is 96.8 Å².